The summed E-state index contributed by atoms with van der Waals surface area (Å²) in [5.74, 6) is 6.02. The van der Waals surface area contributed by atoms with E-state index in [1.807, 2.05) is 0 Å². The number of alkyl halides is 3. The van der Waals surface area contributed by atoms with Gasteiger partial charge in [0.15, 0.2) is 5.84 Å². The number of rotatable bonds is 5. The zero-order chi connectivity index (χ0) is 20.3. The fourth-order valence-electron chi connectivity index (χ4n) is 2.47. The van der Waals surface area contributed by atoms with Crippen LogP contribution in [0.4, 0.5) is 30.2 Å². The Morgan fingerprint density at radius 2 is 1.82 bits per heavy atom. The summed E-state index contributed by atoms with van der Waals surface area (Å²) in [5.41, 5.74) is 7.50. The largest absolute Gasteiger partial charge is 0.416 e. The lowest BCUT2D eigenvalue weighted by Crippen LogP contribution is -2.29. The lowest BCUT2D eigenvalue weighted by atomic mass is 10.1. The van der Waals surface area contributed by atoms with E-state index in [0.29, 0.717) is 22.6 Å². The van der Waals surface area contributed by atoms with Crippen molar-refractivity contribution in [3.05, 3.63) is 72.1 Å². The molecule has 0 saturated carbocycles. The van der Waals surface area contributed by atoms with Crippen molar-refractivity contribution >= 4 is 22.9 Å². The van der Waals surface area contributed by atoms with Gasteiger partial charge in [-0.15, -0.1) is 5.10 Å². The van der Waals surface area contributed by atoms with Crippen molar-refractivity contribution in [3.63, 3.8) is 0 Å². The van der Waals surface area contributed by atoms with Crippen LogP contribution in [0.1, 0.15) is 11.1 Å². The molecular weight excluding hydrogens is 371 g/mol. The second-order valence-electron chi connectivity index (χ2n) is 5.95. The molecular formula is C18H18F3N7. The average molecular weight is 389 g/mol. The lowest BCUT2D eigenvalue weighted by Gasteiger charge is -2.15. The lowest BCUT2D eigenvalue weighted by molar-refractivity contribution is -0.137. The Morgan fingerprint density at radius 3 is 2.43 bits per heavy atom. The van der Waals surface area contributed by atoms with E-state index < -0.39 is 11.7 Å². The first-order chi connectivity index (χ1) is 13.2. The Kier molecular flexibility index (Phi) is 5.23. The van der Waals surface area contributed by atoms with Crippen LogP contribution in [0, 0.1) is 0 Å². The van der Waals surface area contributed by atoms with Gasteiger partial charge in [-0.05, 0) is 36.4 Å². The Balaban J connectivity index is 1.83. The summed E-state index contributed by atoms with van der Waals surface area (Å²) in [6.07, 6.45) is -1.18. The maximum atomic E-state index is 12.7. The van der Waals surface area contributed by atoms with Crippen molar-refractivity contribution in [1.82, 2.24) is 9.78 Å². The van der Waals surface area contributed by atoms with Gasteiger partial charge in [-0.25, -0.2) is 5.84 Å². The molecule has 2 aromatic carbocycles. The first-order valence-corrected chi connectivity index (χ1v) is 8.15. The van der Waals surface area contributed by atoms with E-state index in [1.165, 1.54) is 18.3 Å². The molecule has 1 aromatic heterocycles. The number of nitrogens with one attached hydrogen (secondary N) is 1. The predicted octanol–water partition coefficient (Wildman–Crippen LogP) is 3.18. The average Bonchev–Trinajstić information content (AvgIpc) is 3.08. The van der Waals surface area contributed by atoms with Crippen molar-refractivity contribution in [2.45, 2.75) is 6.18 Å². The van der Waals surface area contributed by atoms with Gasteiger partial charge in [0.25, 0.3) is 0 Å². The number of aromatic nitrogens is 2. The fraction of sp³-hybridized carbons (Fsp3) is 0.111. The number of hydrogen-bond acceptors (Lipinski definition) is 5. The molecule has 10 heteroatoms. The van der Waals surface area contributed by atoms with Crippen LogP contribution in [0.25, 0.3) is 0 Å². The fourth-order valence-corrected chi connectivity index (χ4v) is 2.47. The third-order valence-electron chi connectivity index (χ3n) is 3.87. The van der Waals surface area contributed by atoms with E-state index in [0.717, 1.165) is 17.3 Å². The second kappa shape index (κ2) is 7.61. The first kappa shape index (κ1) is 19.2. The van der Waals surface area contributed by atoms with Crippen LogP contribution in [0.5, 0.6) is 0 Å². The van der Waals surface area contributed by atoms with Crippen LogP contribution >= 0.6 is 0 Å². The molecule has 0 saturated heterocycles. The summed E-state index contributed by atoms with van der Waals surface area (Å²) in [6, 6.07) is 11.7. The molecule has 0 atom stereocenters. The molecule has 7 nitrogen and oxygen atoms in total. The zero-order valence-corrected chi connectivity index (χ0v) is 14.9. The molecule has 5 N–H and O–H groups in total. The van der Waals surface area contributed by atoms with Gasteiger partial charge in [0.2, 0.25) is 0 Å². The maximum Gasteiger partial charge on any atom is 0.416 e. The smallest absolute Gasteiger partial charge is 0.382 e. The number of halogens is 3. The van der Waals surface area contributed by atoms with Gasteiger partial charge in [-0.3, -0.25) is 4.68 Å². The number of anilines is 3. The minimum absolute atomic E-state index is 0.126. The first-order valence-electron chi connectivity index (χ1n) is 8.15. The molecule has 3 aromatic rings. The standard InChI is InChI=1S/C18H18F3N7/c1-27-11-14(10-24-27)28(23)26-17(22)15-4-2-3-5-16(15)25-13-8-6-12(7-9-13)18(19,20)21/h2-11,25H,23H2,1H3,(H2,22,26). The SMILES string of the molecule is Cn1cc(N(N)/N=C(\N)c2ccccc2Nc2ccc(C(F)(F)F)cc2)cn1. The molecule has 0 bridgehead atoms. The number of aryl methyl sites for hydroxylation is 1. The molecule has 0 fully saturated rings. The Labute approximate surface area is 159 Å². The summed E-state index contributed by atoms with van der Waals surface area (Å²) in [6.45, 7) is 0. The van der Waals surface area contributed by atoms with Crippen LogP contribution in [0.15, 0.2) is 66.0 Å². The molecule has 0 unspecified atom stereocenters. The van der Waals surface area contributed by atoms with Crippen LogP contribution < -0.4 is 22.0 Å². The minimum Gasteiger partial charge on any atom is -0.382 e. The van der Waals surface area contributed by atoms with Crippen LogP contribution in [-0.2, 0) is 13.2 Å². The summed E-state index contributed by atoms with van der Waals surface area (Å²) in [4.78, 5) is 0. The number of para-hydroxylation sites is 1. The van der Waals surface area contributed by atoms with Gasteiger partial charge in [0, 0.05) is 24.0 Å². The van der Waals surface area contributed by atoms with Crippen molar-refractivity contribution in [3.8, 4) is 0 Å². The summed E-state index contributed by atoms with van der Waals surface area (Å²) in [7, 11) is 1.74. The van der Waals surface area contributed by atoms with Crippen molar-refractivity contribution in [2.75, 3.05) is 10.4 Å². The third-order valence-corrected chi connectivity index (χ3v) is 3.87. The normalized spacial score (nSPS) is 12.1. The molecule has 28 heavy (non-hydrogen) atoms. The van der Waals surface area contributed by atoms with E-state index in [4.69, 9.17) is 11.6 Å². The Morgan fingerprint density at radius 1 is 1.14 bits per heavy atom. The van der Waals surface area contributed by atoms with Gasteiger partial charge in [0.1, 0.15) is 5.69 Å². The second-order valence-corrected chi connectivity index (χ2v) is 5.95. The van der Waals surface area contributed by atoms with Crippen molar-refractivity contribution in [1.29, 1.82) is 0 Å². The monoisotopic (exact) mass is 389 g/mol. The highest BCUT2D eigenvalue weighted by Crippen LogP contribution is 2.30. The van der Waals surface area contributed by atoms with Crippen molar-refractivity contribution < 1.29 is 13.2 Å². The molecule has 1 heterocycles. The minimum atomic E-state index is -4.38. The number of hydrazine groups is 1. The maximum absolute atomic E-state index is 12.7. The molecule has 0 aliphatic carbocycles. The van der Waals surface area contributed by atoms with Crippen LogP contribution in [0.2, 0.25) is 0 Å². The molecule has 0 spiro atoms. The van der Waals surface area contributed by atoms with E-state index in [1.54, 1.807) is 42.2 Å². The molecule has 0 aliphatic rings. The number of hydrazone groups is 1. The zero-order valence-electron chi connectivity index (χ0n) is 14.9. The van der Waals surface area contributed by atoms with E-state index in [-0.39, 0.29) is 5.84 Å². The van der Waals surface area contributed by atoms with E-state index in [9.17, 15) is 13.2 Å². The molecule has 3 rings (SSSR count). The van der Waals surface area contributed by atoms with E-state index >= 15 is 0 Å². The Hall–Kier alpha value is -3.53. The molecule has 0 radical (unpaired) electrons. The molecule has 146 valence electrons. The van der Waals surface area contributed by atoms with Crippen LogP contribution in [-0.4, -0.2) is 15.6 Å². The number of nitrogens with two attached hydrogens (primary N) is 2. The third kappa shape index (κ3) is 4.41. The summed E-state index contributed by atoms with van der Waals surface area (Å²) >= 11 is 0. The van der Waals surface area contributed by atoms with Gasteiger partial charge in [0.05, 0.1) is 18.0 Å². The quantitative estimate of drug-likeness (QED) is 0.270. The van der Waals surface area contributed by atoms with E-state index in [2.05, 4.69) is 15.5 Å². The van der Waals surface area contributed by atoms with Crippen LogP contribution in [0.3, 0.4) is 0 Å². The van der Waals surface area contributed by atoms with Gasteiger partial charge >= 0.3 is 6.18 Å². The highest BCUT2D eigenvalue weighted by molar-refractivity contribution is 6.03. The summed E-state index contributed by atoms with van der Waals surface area (Å²) < 4.78 is 39.7. The number of amidine groups is 1. The predicted molar refractivity (Wildman–Crippen MR) is 102 cm³/mol. The van der Waals surface area contributed by atoms with Gasteiger partial charge < -0.3 is 11.1 Å². The van der Waals surface area contributed by atoms with Gasteiger partial charge in [-0.2, -0.15) is 23.4 Å². The Bertz CT molecular complexity index is 977. The van der Waals surface area contributed by atoms with Gasteiger partial charge in [-0.1, -0.05) is 12.1 Å². The number of nitrogens with zero attached hydrogens (tertiary/aromatic N) is 4. The molecule has 0 amide bonds. The topological polar surface area (TPSA) is 97.5 Å². The highest BCUT2D eigenvalue weighted by Gasteiger charge is 2.29. The van der Waals surface area contributed by atoms with Crippen molar-refractivity contribution in [2.24, 2.45) is 23.7 Å². The summed E-state index contributed by atoms with van der Waals surface area (Å²) in [5, 5.41) is 12.3. The number of benzene rings is 2. The number of hydrogen-bond donors (Lipinski definition) is 3. The highest BCUT2D eigenvalue weighted by atomic mass is 19.4. The molecule has 0 aliphatic heterocycles.